The molecule has 0 spiro atoms. The number of aromatic amines is 2. The lowest BCUT2D eigenvalue weighted by Gasteiger charge is -2.22. The Bertz CT molecular complexity index is 1590. The van der Waals surface area contributed by atoms with Gasteiger partial charge in [0.15, 0.2) is 5.75 Å². The van der Waals surface area contributed by atoms with E-state index in [9.17, 15) is 14.0 Å². The van der Waals surface area contributed by atoms with Crippen LogP contribution in [0.3, 0.4) is 0 Å². The van der Waals surface area contributed by atoms with Crippen molar-refractivity contribution in [1.29, 1.82) is 0 Å². The van der Waals surface area contributed by atoms with E-state index in [1.54, 1.807) is 30.3 Å². The summed E-state index contributed by atoms with van der Waals surface area (Å²) in [5.74, 6) is -0.294. The minimum absolute atomic E-state index is 0.0372. The molecule has 1 aliphatic heterocycles. The minimum atomic E-state index is -0.894. The van der Waals surface area contributed by atoms with Crippen molar-refractivity contribution in [1.82, 2.24) is 14.9 Å². The van der Waals surface area contributed by atoms with Crippen molar-refractivity contribution in [2.24, 2.45) is 5.73 Å². The number of benzene rings is 2. The number of carbonyl (C=O) groups is 2. The number of nitrogens with zero attached hydrogens (tertiary/aromatic N) is 3. The first-order valence-electron chi connectivity index (χ1n) is 13.0. The van der Waals surface area contributed by atoms with Gasteiger partial charge < -0.3 is 20.7 Å². The number of hydrogen-bond donors (Lipinski definition) is 4. The van der Waals surface area contributed by atoms with Crippen LogP contribution in [0.25, 0.3) is 11.0 Å². The zero-order chi connectivity index (χ0) is 28.4. The lowest BCUT2D eigenvalue weighted by Crippen LogP contribution is -2.38. The Balaban J connectivity index is 1.48. The molecule has 2 aromatic carbocycles. The summed E-state index contributed by atoms with van der Waals surface area (Å²) >= 11 is 0. The van der Waals surface area contributed by atoms with E-state index in [-0.39, 0.29) is 17.2 Å². The van der Waals surface area contributed by atoms with E-state index < -0.39 is 11.7 Å². The summed E-state index contributed by atoms with van der Waals surface area (Å²) in [7, 11) is 3.53. The predicted octanol–water partition coefficient (Wildman–Crippen LogP) is 3.34. The third kappa shape index (κ3) is 5.25. The second kappa shape index (κ2) is 11.2. The fourth-order valence-corrected chi connectivity index (χ4v) is 4.99. The number of nitrogens with one attached hydrogen (secondary N) is 4. The van der Waals surface area contributed by atoms with Crippen LogP contribution in [0.1, 0.15) is 29.3 Å². The number of fused-ring (bicyclic) bond motifs is 2. The first-order valence-corrected chi connectivity index (χ1v) is 13.0. The number of aromatic nitrogens is 3. The van der Waals surface area contributed by atoms with Crippen LogP contribution in [0.5, 0.6) is 5.75 Å². The van der Waals surface area contributed by atoms with Crippen molar-refractivity contribution in [3.63, 3.8) is 0 Å². The summed E-state index contributed by atoms with van der Waals surface area (Å²) in [6.45, 7) is 3.87. The van der Waals surface area contributed by atoms with Gasteiger partial charge in [0, 0.05) is 18.8 Å². The highest BCUT2D eigenvalue weighted by Gasteiger charge is 2.28. The molecule has 208 valence electrons. The Morgan fingerprint density at radius 1 is 1.25 bits per heavy atom. The van der Waals surface area contributed by atoms with E-state index in [1.807, 2.05) is 24.1 Å². The van der Waals surface area contributed by atoms with Crippen LogP contribution < -0.4 is 31.0 Å². The summed E-state index contributed by atoms with van der Waals surface area (Å²) < 4.78 is 20.0. The van der Waals surface area contributed by atoms with Gasteiger partial charge in [-0.05, 0) is 56.3 Å². The molecule has 0 saturated carbocycles. The molecule has 1 aliphatic rings. The molecule has 6 N–H and O–H groups in total. The minimum Gasteiger partial charge on any atom is -0.493 e. The number of amides is 2. The molecule has 11 nitrogen and oxygen atoms in total. The third-order valence-corrected chi connectivity index (χ3v) is 6.84. The van der Waals surface area contributed by atoms with Crippen molar-refractivity contribution < 1.29 is 23.7 Å². The predicted molar refractivity (Wildman–Crippen MR) is 151 cm³/mol. The fourth-order valence-electron chi connectivity index (χ4n) is 4.99. The van der Waals surface area contributed by atoms with Gasteiger partial charge in [0.1, 0.15) is 11.5 Å². The molecular formula is C28H32FN8O3+. The van der Waals surface area contributed by atoms with E-state index in [2.05, 4.69) is 32.5 Å². The molecule has 5 rings (SSSR count). The number of H-pyrrole nitrogens is 2. The SMILES string of the molecule is CCCN(C)CC(=O)N1CCc2cc(OC)c(Nc3nc(Nc4cccc(F)c4C(N)=O)c4cc[nH]c4[nH+]3)cc21. The number of halogens is 1. The molecule has 0 radical (unpaired) electrons. The van der Waals surface area contributed by atoms with Crippen LogP contribution in [0.15, 0.2) is 42.6 Å². The van der Waals surface area contributed by atoms with Crippen LogP contribution in [-0.4, -0.2) is 60.5 Å². The largest absolute Gasteiger partial charge is 0.493 e. The molecular weight excluding hydrogens is 515 g/mol. The summed E-state index contributed by atoms with van der Waals surface area (Å²) in [6, 6.07) is 9.82. The second-order valence-electron chi connectivity index (χ2n) is 9.69. The van der Waals surface area contributed by atoms with Crippen molar-refractivity contribution in [2.45, 2.75) is 19.8 Å². The zero-order valence-electron chi connectivity index (χ0n) is 22.6. The fraction of sp³-hybridized carbons (Fsp3) is 0.286. The monoisotopic (exact) mass is 547 g/mol. The van der Waals surface area contributed by atoms with E-state index in [4.69, 9.17) is 10.5 Å². The van der Waals surface area contributed by atoms with Gasteiger partial charge in [0.25, 0.3) is 5.91 Å². The number of hydrogen-bond acceptors (Lipinski definition) is 7. The molecule has 0 bridgehead atoms. The van der Waals surface area contributed by atoms with E-state index >= 15 is 0 Å². The molecule has 2 aromatic heterocycles. The van der Waals surface area contributed by atoms with Gasteiger partial charge in [0.05, 0.1) is 36.0 Å². The zero-order valence-corrected chi connectivity index (χ0v) is 22.6. The molecule has 12 heteroatoms. The summed E-state index contributed by atoms with van der Waals surface area (Å²) in [5.41, 5.74) is 8.45. The number of methoxy groups -OCH3 is 1. The summed E-state index contributed by atoms with van der Waals surface area (Å²) in [6.07, 6.45) is 3.44. The molecule has 3 heterocycles. The van der Waals surface area contributed by atoms with Gasteiger partial charge in [-0.2, -0.15) is 0 Å². The van der Waals surface area contributed by atoms with Crippen LogP contribution in [0.2, 0.25) is 0 Å². The molecule has 4 aromatic rings. The molecule has 40 heavy (non-hydrogen) atoms. The standard InChI is InChI=1S/C28H31FN8O3/c1-4-11-36(2)15-23(38)37-12-9-16-13-22(40-3)20(14-21(16)37)33-28-34-26-17(8-10-31-26)27(35-28)32-19-7-5-6-18(29)24(19)25(30)39/h5-8,10,13-14H,4,9,11-12,15H2,1-3H3,(H2,30,39)(H3,31,32,33,34,35)/p+1. The molecule has 0 atom stereocenters. The van der Waals surface area contributed by atoms with Gasteiger partial charge >= 0.3 is 5.95 Å². The highest BCUT2D eigenvalue weighted by molar-refractivity contribution is 6.01. The summed E-state index contributed by atoms with van der Waals surface area (Å²) in [5, 5.41) is 6.99. The average Bonchev–Trinajstić information content (AvgIpc) is 3.55. The number of nitrogens with two attached hydrogens (primary N) is 1. The first kappa shape index (κ1) is 26.9. The lowest BCUT2D eigenvalue weighted by atomic mass is 10.1. The van der Waals surface area contributed by atoms with E-state index in [0.29, 0.717) is 47.3 Å². The smallest absolute Gasteiger partial charge is 0.351 e. The van der Waals surface area contributed by atoms with Gasteiger partial charge in [-0.3, -0.25) is 24.8 Å². The number of primary amides is 1. The quantitative estimate of drug-likeness (QED) is 0.238. The van der Waals surface area contributed by atoms with Crippen molar-refractivity contribution >= 4 is 51.7 Å². The second-order valence-corrected chi connectivity index (χ2v) is 9.69. The molecule has 0 aliphatic carbocycles. The Hall–Kier alpha value is -4.71. The number of likely N-dealkylation sites (N-methyl/N-ethyl adjacent to an activating group) is 1. The maximum absolute atomic E-state index is 14.4. The van der Waals surface area contributed by atoms with E-state index in [1.165, 1.54) is 12.1 Å². The Morgan fingerprint density at radius 2 is 2.08 bits per heavy atom. The molecule has 2 amide bonds. The molecule has 0 fully saturated rings. The summed E-state index contributed by atoms with van der Waals surface area (Å²) in [4.78, 5) is 39.8. The molecule has 0 unspecified atom stereocenters. The number of rotatable bonds is 10. The van der Waals surface area contributed by atoms with Crippen molar-refractivity contribution in [3.8, 4) is 5.75 Å². The van der Waals surface area contributed by atoms with Crippen LogP contribution in [0, 0.1) is 5.82 Å². The average molecular weight is 548 g/mol. The van der Waals surface area contributed by atoms with Crippen LogP contribution in [-0.2, 0) is 11.2 Å². The van der Waals surface area contributed by atoms with Crippen molar-refractivity contribution in [2.75, 3.05) is 49.3 Å². The van der Waals surface area contributed by atoms with Crippen LogP contribution >= 0.6 is 0 Å². The Labute approximate surface area is 230 Å². The van der Waals surface area contributed by atoms with Gasteiger partial charge in [-0.25, -0.2) is 9.37 Å². The number of carbonyl (C=O) groups excluding carboxylic acids is 2. The number of ether oxygens (including phenoxy) is 1. The Morgan fingerprint density at radius 3 is 2.83 bits per heavy atom. The third-order valence-electron chi connectivity index (χ3n) is 6.84. The van der Waals surface area contributed by atoms with Crippen LogP contribution in [0.4, 0.5) is 33.2 Å². The molecule has 0 saturated heterocycles. The normalized spacial score (nSPS) is 12.6. The lowest BCUT2D eigenvalue weighted by molar-refractivity contribution is -0.333. The Kier molecular flexibility index (Phi) is 7.52. The van der Waals surface area contributed by atoms with Gasteiger partial charge in [-0.1, -0.05) is 18.0 Å². The first-order chi connectivity index (χ1) is 19.3. The number of anilines is 5. The van der Waals surface area contributed by atoms with Gasteiger partial charge in [-0.15, -0.1) is 0 Å². The van der Waals surface area contributed by atoms with Crippen molar-refractivity contribution in [3.05, 3.63) is 59.5 Å². The highest BCUT2D eigenvalue weighted by Crippen LogP contribution is 2.38. The topological polar surface area (TPSA) is 143 Å². The highest BCUT2D eigenvalue weighted by atomic mass is 19.1. The maximum Gasteiger partial charge on any atom is 0.351 e. The van der Waals surface area contributed by atoms with Gasteiger partial charge in [0.2, 0.25) is 17.4 Å². The maximum atomic E-state index is 14.4. The van der Waals surface area contributed by atoms with E-state index in [0.717, 1.165) is 30.6 Å².